The lowest BCUT2D eigenvalue weighted by atomic mass is 9.83. The first kappa shape index (κ1) is 15.0. The minimum absolute atomic E-state index is 0.0843. The summed E-state index contributed by atoms with van der Waals surface area (Å²) >= 11 is 0. The van der Waals surface area contributed by atoms with Crippen molar-refractivity contribution in [1.29, 1.82) is 0 Å². The van der Waals surface area contributed by atoms with Crippen LogP contribution in [0.25, 0.3) is 6.08 Å². The highest BCUT2D eigenvalue weighted by Gasteiger charge is 2.41. The molecule has 1 saturated carbocycles. The Hall–Kier alpha value is -2.60. The van der Waals surface area contributed by atoms with Gasteiger partial charge in [-0.2, -0.15) is 0 Å². The minimum Gasteiger partial charge on any atom is -0.468 e. The molecule has 1 aromatic heterocycles. The Morgan fingerprint density at radius 3 is 3.00 bits per heavy atom. The molecule has 1 N–H and O–H groups in total. The SMILES string of the molecule is O=[N+]([O-])c1ccc2c(c1)C=C1CCCC[C@]1(NCc1ccco1)O2. The van der Waals surface area contributed by atoms with Gasteiger partial charge in [0.1, 0.15) is 11.5 Å². The fourth-order valence-corrected chi connectivity index (χ4v) is 3.47. The molecule has 124 valence electrons. The number of nitro benzene ring substituents is 1. The van der Waals surface area contributed by atoms with E-state index >= 15 is 0 Å². The average molecular weight is 326 g/mol. The molecule has 1 aliphatic carbocycles. The molecular formula is C18H18N2O4. The van der Waals surface area contributed by atoms with Crippen LogP contribution < -0.4 is 10.1 Å². The zero-order valence-electron chi connectivity index (χ0n) is 13.2. The molecule has 0 saturated heterocycles. The van der Waals surface area contributed by atoms with Gasteiger partial charge in [-0.3, -0.25) is 15.4 Å². The standard InChI is InChI=1S/C18H18N2O4/c21-20(22)15-6-7-17-13(11-15)10-14-4-1-2-8-18(14,24-17)19-12-16-5-3-9-23-16/h3,5-7,9-11,19H,1-2,4,8,12H2/t18-/m0/s1. The highest BCUT2D eigenvalue weighted by molar-refractivity contribution is 5.67. The summed E-state index contributed by atoms with van der Waals surface area (Å²) in [5.41, 5.74) is 1.46. The second-order valence-corrected chi connectivity index (χ2v) is 6.22. The number of hydrogen-bond donors (Lipinski definition) is 1. The van der Waals surface area contributed by atoms with Gasteiger partial charge in [-0.15, -0.1) is 0 Å². The third kappa shape index (κ3) is 2.59. The summed E-state index contributed by atoms with van der Waals surface area (Å²) in [7, 11) is 0. The van der Waals surface area contributed by atoms with Crippen LogP contribution in [0.3, 0.4) is 0 Å². The van der Waals surface area contributed by atoms with E-state index in [0.717, 1.165) is 42.6 Å². The van der Waals surface area contributed by atoms with Crippen molar-refractivity contribution in [3.05, 3.63) is 63.6 Å². The van der Waals surface area contributed by atoms with E-state index in [2.05, 4.69) is 5.32 Å². The summed E-state index contributed by atoms with van der Waals surface area (Å²) in [5, 5.41) is 14.5. The number of hydrogen-bond acceptors (Lipinski definition) is 5. The maximum absolute atomic E-state index is 11.0. The number of benzene rings is 1. The van der Waals surface area contributed by atoms with Crippen LogP contribution >= 0.6 is 0 Å². The monoisotopic (exact) mass is 326 g/mol. The van der Waals surface area contributed by atoms with Crippen LogP contribution in [0.4, 0.5) is 5.69 Å². The van der Waals surface area contributed by atoms with Crippen molar-refractivity contribution in [2.45, 2.75) is 38.0 Å². The Morgan fingerprint density at radius 1 is 1.29 bits per heavy atom. The van der Waals surface area contributed by atoms with Crippen molar-refractivity contribution in [2.75, 3.05) is 0 Å². The number of rotatable bonds is 4. The largest absolute Gasteiger partial charge is 0.468 e. The molecule has 24 heavy (non-hydrogen) atoms. The number of nitrogens with zero attached hydrogens (tertiary/aromatic N) is 1. The van der Waals surface area contributed by atoms with Crippen molar-refractivity contribution < 1.29 is 14.1 Å². The van der Waals surface area contributed by atoms with Crippen molar-refractivity contribution in [2.24, 2.45) is 0 Å². The van der Waals surface area contributed by atoms with Gasteiger partial charge < -0.3 is 9.15 Å². The molecular weight excluding hydrogens is 308 g/mol. The van der Waals surface area contributed by atoms with Gasteiger partial charge in [0.2, 0.25) is 0 Å². The first-order valence-corrected chi connectivity index (χ1v) is 8.12. The molecule has 0 radical (unpaired) electrons. The number of ether oxygens (including phenoxy) is 1. The Morgan fingerprint density at radius 2 is 2.21 bits per heavy atom. The molecule has 0 amide bonds. The molecule has 1 fully saturated rings. The number of fused-ring (bicyclic) bond motifs is 2. The van der Waals surface area contributed by atoms with Crippen LogP contribution in [0.2, 0.25) is 0 Å². The van der Waals surface area contributed by atoms with Crippen molar-refractivity contribution in [1.82, 2.24) is 5.32 Å². The van der Waals surface area contributed by atoms with Crippen molar-refractivity contribution >= 4 is 11.8 Å². The maximum atomic E-state index is 11.0. The van der Waals surface area contributed by atoms with Gasteiger partial charge in [0, 0.05) is 24.1 Å². The third-order valence-corrected chi connectivity index (χ3v) is 4.69. The normalized spacial score (nSPS) is 22.1. The van der Waals surface area contributed by atoms with Gasteiger partial charge in [0.25, 0.3) is 5.69 Å². The van der Waals surface area contributed by atoms with Gasteiger partial charge in [-0.1, -0.05) is 0 Å². The first-order valence-electron chi connectivity index (χ1n) is 8.12. The molecule has 2 aromatic rings. The zero-order chi connectivity index (χ0) is 16.6. The minimum atomic E-state index is -0.547. The summed E-state index contributed by atoms with van der Waals surface area (Å²) in [6.45, 7) is 0.576. The average Bonchev–Trinajstić information content (AvgIpc) is 3.11. The van der Waals surface area contributed by atoms with E-state index in [0.29, 0.717) is 12.3 Å². The summed E-state index contributed by atoms with van der Waals surface area (Å²) in [5.74, 6) is 1.53. The molecule has 1 aliphatic heterocycles. The van der Waals surface area contributed by atoms with E-state index in [4.69, 9.17) is 9.15 Å². The number of nitrogens with one attached hydrogen (secondary N) is 1. The van der Waals surface area contributed by atoms with Crippen LogP contribution in [-0.2, 0) is 6.54 Å². The quantitative estimate of drug-likeness (QED) is 0.678. The van der Waals surface area contributed by atoms with E-state index in [1.807, 2.05) is 18.2 Å². The van der Waals surface area contributed by atoms with Gasteiger partial charge in [-0.25, -0.2) is 0 Å². The fraction of sp³-hybridized carbons (Fsp3) is 0.333. The molecule has 1 aromatic carbocycles. The molecule has 2 heterocycles. The van der Waals surface area contributed by atoms with E-state index in [1.165, 1.54) is 6.07 Å². The van der Waals surface area contributed by atoms with Crippen LogP contribution in [0.15, 0.2) is 46.6 Å². The highest BCUT2D eigenvalue weighted by atomic mass is 16.6. The smallest absolute Gasteiger partial charge is 0.270 e. The van der Waals surface area contributed by atoms with Gasteiger partial charge in [0.15, 0.2) is 5.72 Å². The van der Waals surface area contributed by atoms with E-state index in [9.17, 15) is 10.1 Å². The summed E-state index contributed by atoms with van der Waals surface area (Å²) in [6.07, 6.45) is 7.67. The lowest BCUT2D eigenvalue weighted by Gasteiger charge is -2.43. The predicted octanol–water partition coefficient (Wildman–Crippen LogP) is 4.02. The van der Waals surface area contributed by atoms with Crippen LogP contribution in [0.5, 0.6) is 5.75 Å². The molecule has 1 atom stereocenters. The molecule has 0 spiro atoms. The van der Waals surface area contributed by atoms with Crippen molar-refractivity contribution in [3.63, 3.8) is 0 Å². The molecule has 0 unspecified atom stereocenters. The first-order chi connectivity index (χ1) is 11.7. The van der Waals surface area contributed by atoms with Gasteiger partial charge in [0.05, 0.1) is 17.7 Å². The zero-order valence-corrected chi connectivity index (χ0v) is 13.2. The van der Waals surface area contributed by atoms with Crippen LogP contribution in [-0.4, -0.2) is 10.6 Å². The summed E-state index contributed by atoms with van der Waals surface area (Å²) in [6, 6.07) is 8.54. The lowest BCUT2D eigenvalue weighted by Crippen LogP contribution is -2.54. The Kier molecular flexibility index (Phi) is 3.61. The summed E-state index contributed by atoms with van der Waals surface area (Å²) < 4.78 is 11.7. The second kappa shape index (κ2) is 5.79. The highest BCUT2D eigenvalue weighted by Crippen LogP contribution is 2.43. The third-order valence-electron chi connectivity index (χ3n) is 4.69. The summed E-state index contributed by atoms with van der Waals surface area (Å²) in [4.78, 5) is 10.6. The Balaban J connectivity index is 1.66. The molecule has 4 rings (SSSR count). The Bertz CT molecular complexity index is 797. The van der Waals surface area contributed by atoms with Crippen LogP contribution in [0.1, 0.15) is 37.0 Å². The molecule has 6 nitrogen and oxygen atoms in total. The van der Waals surface area contributed by atoms with Gasteiger partial charge in [-0.05, 0) is 49.1 Å². The van der Waals surface area contributed by atoms with Crippen molar-refractivity contribution in [3.8, 4) is 5.75 Å². The molecule has 2 aliphatic rings. The predicted molar refractivity (Wildman–Crippen MR) is 88.4 cm³/mol. The molecule has 6 heteroatoms. The number of non-ortho nitro benzene ring substituents is 1. The van der Waals surface area contributed by atoms with E-state index in [-0.39, 0.29) is 10.6 Å². The number of furan rings is 1. The number of nitro groups is 1. The Labute approximate surface area is 139 Å². The lowest BCUT2D eigenvalue weighted by molar-refractivity contribution is -0.384. The van der Waals surface area contributed by atoms with E-state index < -0.39 is 5.72 Å². The maximum Gasteiger partial charge on any atom is 0.270 e. The topological polar surface area (TPSA) is 77.5 Å². The van der Waals surface area contributed by atoms with Crippen LogP contribution in [0, 0.1) is 10.1 Å². The van der Waals surface area contributed by atoms with E-state index in [1.54, 1.807) is 18.4 Å². The second-order valence-electron chi connectivity index (χ2n) is 6.22. The molecule has 0 bridgehead atoms. The fourth-order valence-electron chi connectivity index (χ4n) is 3.47. The van der Waals surface area contributed by atoms with Gasteiger partial charge >= 0.3 is 0 Å².